The van der Waals surface area contributed by atoms with Crippen LogP contribution in [-0.4, -0.2) is 40.3 Å². The van der Waals surface area contributed by atoms with Gasteiger partial charge in [-0.25, -0.2) is 8.42 Å². The molecule has 0 aliphatic carbocycles. The zero-order chi connectivity index (χ0) is 22.9. The molecule has 0 aromatic heterocycles. The van der Waals surface area contributed by atoms with E-state index in [9.17, 15) is 13.2 Å². The number of para-hydroxylation sites is 2. The molecule has 1 heterocycles. The van der Waals surface area contributed by atoms with Crippen molar-refractivity contribution in [3.8, 4) is 11.5 Å². The average molecular weight is 447 g/mol. The first kappa shape index (κ1) is 22.9. The van der Waals surface area contributed by atoms with E-state index in [2.05, 4.69) is 25.2 Å². The summed E-state index contributed by atoms with van der Waals surface area (Å²) in [5.74, 6) is 1.09. The minimum atomic E-state index is -3.56. The van der Waals surface area contributed by atoms with Gasteiger partial charge in [0.1, 0.15) is 11.5 Å². The van der Waals surface area contributed by atoms with Crippen LogP contribution in [0.3, 0.4) is 0 Å². The maximum Gasteiger partial charge on any atom is 0.263 e. The fourth-order valence-electron chi connectivity index (χ4n) is 3.85. The van der Waals surface area contributed by atoms with E-state index < -0.39 is 16.1 Å². The van der Waals surface area contributed by atoms with Crippen molar-refractivity contribution in [1.82, 2.24) is 5.32 Å². The normalized spacial score (nSPS) is 17.0. The van der Waals surface area contributed by atoms with E-state index in [-0.39, 0.29) is 24.4 Å². The molecule has 3 rings (SSSR count). The number of carbonyl (C=O) groups is 1. The van der Waals surface area contributed by atoms with Crippen LogP contribution >= 0.6 is 0 Å². The van der Waals surface area contributed by atoms with Crippen LogP contribution in [0.2, 0.25) is 0 Å². The lowest BCUT2D eigenvalue weighted by molar-refractivity contribution is -0.128. The predicted octanol–water partition coefficient (Wildman–Crippen LogP) is 3.53. The lowest BCUT2D eigenvalue weighted by Crippen LogP contribution is -2.50. The second kappa shape index (κ2) is 8.78. The van der Waals surface area contributed by atoms with Crippen molar-refractivity contribution < 1.29 is 22.7 Å². The van der Waals surface area contributed by atoms with Crippen molar-refractivity contribution in [2.45, 2.75) is 45.8 Å². The van der Waals surface area contributed by atoms with Gasteiger partial charge in [0.15, 0.2) is 6.10 Å². The third kappa shape index (κ3) is 4.79. The van der Waals surface area contributed by atoms with Crippen LogP contribution in [0.15, 0.2) is 36.4 Å². The van der Waals surface area contributed by atoms with E-state index in [4.69, 9.17) is 9.47 Å². The molecule has 0 bridgehead atoms. The van der Waals surface area contributed by atoms with Crippen LogP contribution in [0.5, 0.6) is 11.5 Å². The van der Waals surface area contributed by atoms with Crippen LogP contribution in [-0.2, 0) is 14.8 Å². The van der Waals surface area contributed by atoms with Gasteiger partial charge in [0, 0.05) is 0 Å². The number of hydrogen-bond donors (Lipinski definition) is 1. The number of methoxy groups -OCH3 is 1. The monoisotopic (exact) mass is 446 g/mol. The topological polar surface area (TPSA) is 84.9 Å². The molecule has 0 saturated heterocycles. The Kier molecular flexibility index (Phi) is 6.50. The number of fused-ring (bicyclic) bond motifs is 1. The van der Waals surface area contributed by atoms with Crippen molar-refractivity contribution in [3.63, 3.8) is 0 Å². The Morgan fingerprint density at radius 1 is 1.19 bits per heavy atom. The molecule has 2 aromatic carbocycles. The van der Waals surface area contributed by atoms with Gasteiger partial charge in [-0.1, -0.05) is 26.0 Å². The summed E-state index contributed by atoms with van der Waals surface area (Å²) in [4.78, 5) is 13.0. The van der Waals surface area contributed by atoms with Crippen LogP contribution < -0.4 is 19.1 Å². The first-order valence-corrected chi connectivity index (χ1v) is 12.1. The van der Waals surface area contributed by atoms with E-state index in [1.165, 1.54) is 4.31 Å². The van der Waals surface area contributed by atoms with E-state index >= 15 is 0 Å². The number of nitrogens with zero attached hydrogens (tertiary/aromatic N) is 1. The molecule has 0 spiro atoms. The fraction of sp³-hybridized carbons (Fsp3) is 0.435. The molecular weight excluding hydrogens is 416 g/mol. The molecule has 31 heavy (non-hydrogen) atoms. The van der Waals surface area contributed by atoms with Crippen molar-refractivity contribution in [2.24, 2.45) is 0 Å². The Hall–Kier alpha value is -2.74. The first-order valence-electron chi connectivity index (χ1n) is 10.2. The maximum absolute atomic E-state index is 13.0. The number of amides is 1. The molecule has 1 aliphatic heterocycles. The zero-order valence-electron chi connectivity index (χ0n) is 18.8. The molecule has 0 fully saturated rings. The highest BCUT2D eigenvalue weighted by atomic mass is 32.2. The second-order valence-corrected chi connectivity index (χ2v) is 10.1. The summed E-state index contributed by atoms with van der Waals surface area (Å²) < 4.78 is 37.2. The van der Waals surface area contributed by atoms with Crippen LogP contribution in [0.25, 0.3) is 0 Å². The molecule has 8 heteroatoms. The number of nitrogens with one attached hydrogen (secondary N) is 1. The van der Waals surface area contributed by atoms with Crippen LogP contribution in [0.1, 0.15) is 49.4 Å². The molecule has 1 amide bonds. The Labute approximate surface area is 184 Å². The number of anilines is 1. The van der Waals surface area contributed by atoms with Gasteiger partial charge >= 0.3 is 0 Å². The molecule has 0 unspecified atom stereocenters. The van der Waals surface area contributed by atoms with Gasteiger partial charge in [0.25, 0.3) is 5.91 Å². The standard InChI is InChI=1S/C23H30N2O5S/c1-14(2)17-12-18(15(3)11-21(17)29-5)16(4)24-23(26)22-13-25(31(6,27)28)19-9-7-8-10-20(19)30-22/h7-12,14,16,22H,13H2,1-6H3,(H,24,26)/t16-,22-/m0/s1. The van der Waals surface area contributed by atoms with Gasteiger partial charge in [-0.05, 0) is 60.7 Å². The number of hydrogen-bond acceptors (Lipinski definition) is 5. The zero-order valence-corrected chi connectivity index (χ0v) is 19.6. The van der Waals surface area contributed by atoms with E-state index in [0.29, 0.717) is 11.4 Å². The predicted molar refractivity (Wildman–Crippen MR) is 121 cm³/mol. The molecule has 0 radical (unpaired) electrons. The second-order valence-electron chi connectivity index (χ2n) is 8.20. The summed E-state index contributed by atoms with van der Waals surface area (Å²) in [7, 11) is -1.91. The van der Waals surface area contributed by atoms with Gasteiger partial charge in [0.05, 0.1) is 31.6 Å². The molecule has 168 valence electrons. The molecule has 7 nitrogen and oxygen atoms in total. The number of carbonyl (C=O) groups excluding carboxylic acids is 1. The summed E-state index contributed by atoms with van der Waals surface area (Å²) in [6.07, 6.45) is 0.177. The van der Waals surface area contributed by atoms with Gasteiger partial charge in [0.2, 0.25) is 10.0 Å². The Balaban J connectivity index is 1.84. The van der Waals surface area contributed by atoms with Crippen molar-refractivity contribution in [3.05, 3.63) is 53.1 Å². The Morgan fingerprint density at radius 3 is 2.48 bits per heavy atom. The summed E-state index contributed by atoms with van der Waals surface area (Å²) in [6, 6.07) is 10.6. The highest BCUT2D eigenvalue weighted by Gasteiger charge is 2.35. The number of sulfonamides is 1. The smallest absolute Gasteiger partial charge is 0.263 e. The van der Waals surface area contributed by atoms with E-state index in [1.54, 1.807) is 31.4 Å². The minimum Gasteiger partial charge on any atom is -0.496 e. The number of rotatable bonds is 6. The number of benzene rings is 2. The van der Waals surface area contributed by atoms with Crippen molar-refractivity contribution in [1.29, 1.82) is 0 Å². The summed E-state index contributed by atoms with van der Waals surface area (Å²) in [5, 5.41) is 2.99. The molecular formula is C23H30N2O5S. The van der Waals surface area contributed by atoms with Crippen molar-refractivity contribution >= 4 is 21.6 Å². The van der Waals surface area contributed by atoms with Gasteiger partial charge in [-0.15, -0.1) is 0 Å². The SMILES string of the molecule is COc1cc(C)c([C@H](C)NC(=O)[C@@H]2CN(S(C)(=O)=O)c3ccccc3O2)cc1C(C)C. The molecule has 2 atom stereocenters. The molecule has 1 N–H and O–H groups in total. The van der Waals surface area contributed by atoms with Gasteiger partial charge < -0.3 is 14.8 Å². The van der Waals surface area contributed by atoms with Crippen molar-refractivity contribution in [2.75, 3.05) is 24.2 Å². The third-order valence-corrected chi connectivity index (χ3v) is 6.64. The number of ether oxygens (including phenoxy) is 2. The summed E-state index contributed by atoms with van der Waals surface area (Å²) in [5.41, 5.74) is 3.49. The lowest BCUT2D eigenvalue weighted by atomic mass is 9.93. The highest BCUT2D eigenvalue weighted by Crippen LogP contribution is 2.35. The van der Waals surface area contributed by atoms with Crippen LogP contribution in [0, 0.1) is 6.92 Å². The average Bonchev–Trinajstić information content (AvgIpc) is 2.71. The number of aryl methyl sites for hydroxylation is 1. The quantitative estimate of drug-likeness (QED) is 0.734. The Bertz CT molecular complexity index is 1080. The largest absolute Gasteiger partial charge is 0.496 e. The Morgan fingerprint density at radius 2 is 1.87 bits per heavy atom. The fourth-order valence-corrected chi connectivity index (χ4v) is 4.76. The highest BCUT2D eigenvalue weighted by molar-refractivity contribution is 7.92. The first-order chi connectivity index (χ1) is 14.5. The van der Waals surface area contributed by atoms with Gasteiger partial charge in [-0.2, -0.15) is 0 Å². The molecule has 2 aromatic rings. The summed E-state index contributed by atoms with van der Waals surface area (Å²) in [6.45, 7) is 7.99. The van der Waals surface area contributed by atoms with E-state index in [1.807, 2.05) is 19.9 Å². The summed E-state index contributed by atoms with van der Waals surface area (Å²) >= 11 is 0. The maximum atomic E-state index is 13.0. The van der Waals surface area contributed by atoms with Gasteiger partial charge in [-0.3, -0.25) is 9.10 Å². The lowest BCUT2D eigenvalue weighted by Gasteiger charge is -2.34. The minimum absolute atomic E-state index is 0.0762. The van der Waals surface area contributed by atoms with E-state index in [0.717, 1.165) is 28.7 Å². The molecule has 1 aliphatic rings. The third-order valence-electron chi connectivity index (χ3n) is 5.49. The van der Waals surface area contributed by atoms with Crippen LogP contribution in [0.4, 0.5) is 5.69 Å². The molecule has 0 saturated carbocycles.